The lowest BCUT2D eigenvalue weighted by atomic mass is 10.0. The van der Waals surface area contributed by atoms with Crippen LogP contribution in [0.25, 0.3) is 0 Å². The van der Waals surface area contributed by atoms with Crippen LogP contribution in [0.4, 0.5) is 18.9 Å². The van der Waals surface area contributed by atoms with Crippen molar-refractivity contribution in [3.63, 3.8) is 0 Å². The normalized spacial score (nSPS) is 15.7. The van der Waals surface area contributed by atoms with E-state index in [4.69, 9.17) is 5.21 Å². The first-order valence-corrected chi connectivity index (χ1v) is 15.4. The standard InChI is InChI=1S/C24H24F3N3O6S3/c25-24(26,27)38(33,34)20-6-3-5-18(15-20)28-17-10-12-30(13-11-17)39(35,36)22-9-8-19(37-22)14-16-4-1-2-7-21(16)23(31)29-32/h1-9,15,17,28,32H,10-14H2,(H,29,31). The summed E-state index contributed by atoms with van der Waals surface area (Å²) in [6, 6.07) is 14.0. The number of hydroxylamine groups is 1. The number of benzene rings is 2. The highest BCUT2D eigenvalue weighted by Crippen LogP contribution is 2.32. The van der Waals surface area contributed by atoms with Crippen molar-refractivity contribution < 1.29 is 40.0 Å². The van der Waals surface area contributed by atoms with Gasteiger partial charge in [-0.1, -0.05) is 24.3 Å². The van der Waals surface area contributed by atoms with E-state index in [9.17, 15) is 34.8 Å². The van der Waals surface area contributed by atoms with Gasteiger partial charge in [0.2, 0.25) is 0 Å². The third kappa shape index (κ3) is 6.27. The molecule has 0 saturated carbocycles. The fraction of sp³-hybridized carbons (Fsp3) is 0.292. The number of nitrogens with zero attached hydrogens (tertiary/aromatic N) is 1. The number of nitrogens with one attached hydrogen (secondary N) is 2. The second kappa shape index (κ2) is 11.3. The number of alkyl halides is 3. The first kappa shape index (κ1) is 29.0. The number of sulfonamides is 1. The zero-order chi connectivity index (χ0) is 28.4. The summed E-state index contributed by atoms with van der Waals surface area (Å²) in [6.07, 6.45) is 1.01. The summed E-state index contributed by atoms with van der Waals surface area (Å²) in [5.41, 5.74) is -2.73. The monoisotopic (exact) mass is 603 g/mol. The largest absolute Gasteiger partial charge is 0.501 e. The third-order valence-electron chi connectivity index (χ3n) is 6.23. The number of sulfone groups is 1. The number of amides is 1. The van der Waals surface area contributed by atoms with E-state index in [-0.39, 0.29) is 34.6 Å². The summed E-state index contributed by atoms with van der Waals surface area (Å²) in [6.45, 7) is 0.320. The van der Waals surface area contributed by atoms with Gasteiger partial charge in [-0.2, -0.15) is 17.5 Å². The number of rotatable bonds is 8. The van der Waals surface area contributed by atoms with Gasteiger partial charge in [0.15, 0.2) is 0 Å². The van der Waals surface area contributed by atoms with Crippen LogP contribution in [0.5, 0.6) is 0 Å². The van der Waals surface area contributed by atoms with Gasteiger partial charge in [-0.25, -0.2) is 22.3 Å². The Morgan fingerprint density at radius 2 is 1.69 bits per heavy atom. The average molecular weight is 604 g/mol. The summed E-state index contributed by atoms with van der Waals surface area (Å²) in [5.74, 6) is -0.666. The third-order valence-corrected chi connectivity index (χ3v) is 11.2. The van der Waals surface area contributed by atoms with Gasteiger partial charge in [-0.05, 0) is 54.8 Å². The number of thiophene rings is 1. The molecule has 1 aliphatic heterocycles. The number of anilines is 1. The highest BCUT2D eigenvalue weighted by atomic mass is 32.2. The first-order chi connectivity index (χ1) is 18.3. The first-order valence-electron chi connectivity index (χ1n) is 11.6. The van der Waals surface area contributed by atoms with Crippen LogP contribution >= 0.6 is 11.3 Å². The van der Waals surface area contributed by atoms with Crippen LogP contribution in [-0.2, 0) is 26.3 Å². The molecule has 2 aromatic carbocycles. The van der Waals surface area contributed by atoms with E-state index in [0.717, 1.165) is 23.5 Å². The maximum atomic E-state index is 13.2. The summed E-state index contributed by atoms with van der Waals surface area (Å²) in [4.78, 5) is 11.7. The van der Waals surface area contributed by atoms with Gasteiger partial charge in [0.25, 0.3) is 25.8 Å². The number of halogens is 3. The van der Waals surface area contributed by atoms with Crippen molar-refractivity contribution in [3.05, 3.63) is 76.7 Å². The van der Waals surface area contributed by atoms with Crippen molar-refractivity contribution in [1.29, 1.82) is 0 Å². The smallest absolute Gasteiger partial charge is 0.382 e. The number of carbonyl (C=O) groups excluding carboxylic acids is 1. The van der Waals surface area contributed by atoms with Crippen LogP contribution in [0.2, 0.25) is 0 Å². The molecular formula is C24H24F3N3O6S3. The van der Waals surface area contributed by atoms with Crippen molar-refractivity contribution >= 4 is 42.8 Å². The molecule has 1 aliphatic rings. The Labute approximate surface area is 227 Å². The van der Waals surface area contributed by atoms with Crippen LogP contribution in [0.1, 0.15) is 33.6 Å². The highest BCUT2D eigenvalue weighted by molar-refractivity contribution is 7.92. The predicted octanol–water partition coefficient (Wildman–Crippen LogP) is 4.02. The Morgan fingerprint density at radius 3 is 2.36 bits per heavy atom. The molecule has 9 nitrogen and oxygen atoms in total. The minimum absolute atomic E-state index is 0.137. The second-order valence-electron chi connectivity index (χ2n) is 8.80. The van der Waals surface area contributed by atoms with E-state index in [2.05, 4.69) is 5.32 Å². The number of hydrogen-bond acceptors (Lipinski definition) is 8. The van der Waals surface area contributed by atoms with Crippen molar-refractivity contribution in [1.82, 2.24) is 9.79 Å². The molecule has 4 rings (SSSR count). The van der Waals surface area contributed by atoms with Crippen molar-refractivity contribution in [3.8, 4) is 0 Å². The molecule has 1 aromatic heterocycles. The maximum Gasteiger partial charge on any atom is 0.501 e. The molecule has 3 N–H and O–H groups in total. The Morgan fingerprint density at radius 1 is 1.00 bits per heavy atom. The number of carbonyl (C=O) groups is 1. The molecule has 39 heavy (non-hydrogen) atoms. The molecule has 0 spiro atoms. The van der Waals surface area contributed by atoms with Crippen LogP contribution in [0, 0.1) is 0 Å². The van der Waals surface area contributed by atoms with E-state index < -0.39 is 36.2 Å². The van der Waals surface area contributed by atoms with Crippen LogP contribution < -0.4 is 10.8 Å². The molecule has 1 saturated heterocycles. The molecule has 0 aliphatic carbocycles. The Kier molecular flexibility index (Phi) is 8.37. The summed E-state index contributed by atoms with van der Waals surface area (Å²) in [5, 5.41) is 12.0. The highest BCUT2D eigenvalue weighted by Gasteiger charge is 2.47. The SMILES string of the molecule is O=C(NO)c1ccccc1Cc1ccc(S(=O)(=O)N2CCC(Nc3cccc(S(=O)(=O)C(F)(F)F)c3)CC2)s1. The van der Waals surface area contributed by atoms with Gasteiger partial charge in [-0.15, -0.1) is 11.3 Å². The van der Waals surface area contributed by atoms with Gasteiger partial charge < -0.3 is 5.32 Å². The zero-order valence-corrected chi connectivity index (χ0v) is 22.6. The lowest BCUT2D eigenvalue weighted by Crippen LogP contribution is -2.42. The van der Waals surface area contributed by atoms with Crippen LogP contribution in [0.15, 0.2) is 69.8 Å². The molecule has 3 aromatic rings. The molecule has 2 heterocycles. The molecular weight excluding hydrogens is 579 g/mol. The van der Waals surface area contributed by atoms with E-state index in [0.29, 0.717) is 29.7 Å². The molecule has 0 unspecified atom stereocenters. The Bertz CT molecular complexity index is 1560. The lowest BCUT2D eigenvalue weighted by Gasteiger charge is -2.31. The molecule has 15 heteroatoms. The molecule has 1 amide bonds. The number of piperidine rings is 1. The molecule has 0 radical (unpaired) electrons. The van der Waals surface area contributed by atoms with Crippen LogP contribution in [0.3, 0.4) is 0 Å². The van der Waals surface area contributed by atoms with Gasteiger partial charge in [0, 0.05) is 41.7 Å². The van der Waals surface area contributed by atoms with E-state index in [1.165, 1.54) is 22.5 Å². The van der Waals surface area contributed by atoms with Crippen LogP contribution in [-0.4, -0.2) is 56.9 Å². The average Bonchev–Trinajstić information content (AvgIpc) is 3.38. The van der Waals surface area contributed by atoms with Gasteiger partial charge >= 0.3 is 5.51 Å². The van der Waals surface area contributed by atoms with Gasteiger partial charge in [0.1, 0.15) is 4.21 Å². The Hall–Kier alpha value is -2.98. The topological polar surface area (TPSA) is 133 Å². The summed E-state index contributed by atoms with van der Waals surface area (Å²) >= 11 is 1.08. The van der Waals surface area contributed by atoms with Gasteiger partial charge in [-0.3, -0.25) is 10.0 Å². The summed E-state index contributed by atoms with van der Waals surface area (Å²) < 4.78 is 90.0. The summed E-state index contributed by atoms with van der Waals surface area (Å²) in [7, 11) is -9.28. The Balaban J connectivity index is 1.40. The van der Waals surface area contributed by atoms with E-state index in [1.54, 1.807) is 35.8 Å². The van der Waals surface area contributed by atoms with Gasteiger partial charge in [0.05, 0.1) is 4.90 Å². The van der Waals surface area contributed by atoms with E-state index >= 15 is 0 Å². The molecule has 0 bridgehead atoms. The number of hydrogen-bond donors (Lipinski definition) is 3. The van der Waals surface area contributed by atoms with Crippen molar-refractivity contribution in [2.24, 2.45) is 0 Å². The van der Waals surface area contributed by atoms with E-state index in [1.807, 2.05) is 0 Å². The molecule has 1 fully saturated rings. The van der Waals surface area contributed by atoms with Crippen molar-refractivity contribution in [2.75, 3.05) is 18.4 Å². The lowest BCUT2D eigenvalue weighted by molar-refractivity contribution is -0.0436. The molecule has 210 valence electrons. The zero-order valence-electron chi connectivity index (χ0n) is 20.2. The molecule has 0 atom stereocenters. The predicted molar refractivity (Wildman–Crippen MR) is 138 cm³/mol. The minimum Gasteiger partial charge on any atom is -0.382 e. The van der Waals surface area contributed by atoms with Crippen molar-refractivity contribution in [2.45, 2.75) is 39.9 Å². The quantitative estimate of drug-likeness (QED) is 0.262. The maximum absolute atomic E-state index is 13.2. The minimum atomic E-state index is -5.48. The fourth-order valence-electron chi connectivity index (χ4n) is 4.23. The second-order valence-corrected chi connectivity index (χ2v) is 14.1. The fourth-order valence-corrected chi connectivity index (χ4v) is 8.04.